The first kappa shape index (κ1) is 15.6. The molecule has 1 unspecified atom stereocenters. The molecule has 0 aliphatic carbocycles. The van der Waals surface area contributed by atoms with Crippen LogP contribution in [0.2, 0.25) is 5.02 Å². The maximum Gasteiger partial charge on any atom is 0.142 e. The van der Waals surface area contributed by atoms with Crippen molar-refractivity contribution in [3.63, 3.8) is 0 Å². The van der Waals surface area contributed by atoms with Crippen LogP contribution >= 0.6 is 11.6 Å². The van der Waals surface area contributed by atoms with Gasteiger partial charge < -0.3 is 10.1 Å². The summed E-state index contributed by atoms with van der Waals surface area (Å²) in [4.78, 5) is 0. The minimum absolute atomic E-state index is 0.0552. The van der Waals surface area contributed by atoms with Crippen LogP contribution in [0, 0.1) is 5.82 Å². The molecule has 0 spiro atoms. The van der Waals surface area contributed by atoms with Crippen LogP contribution in [0.5, 0.6) is 5.75 Å². The van der Waals surface area contributed by atoms with Gasteiger partial charge in [-0.1, -0.05) is 29.8 Å². The van der Waals surface area contributed by atoms with Crippen LogP contribution in [0.3, 0.4) is 0 Å². The molecule has 2 aromatic carbocycles. The lowest BCUT2D eigenvalue weighted by molar-refractivity contribution is 0.341. The SMILES string of the molecule is CCOc1ccc(Cl)cc1NC(C)Cc1ccccc1F. The van der Waals surface area contributed by atoms with Crippen molar-refractivity contribution in [1.82, 2.24) is 0 Å². The van der Waals surface area contributed by atoms with E-state index in [9.17, 15) is 4.39 Å². The second-order valence-electron chi connectivity index (χ2n) is 4.91. The third-order valence-electron chi connectivity index (χ3n) is 3.13. The Kier molecular flexibility index (Phi) is 5.45. The van der Waals surface area contributed by atoms with Gasteiger partial charge in [-0.3, -0.25) is 0 Å². The molecule has 2 nitrogen and oxygen atoms in total. The topological polar surface area (TPSA) is 21.3 Å². The van der Waals surface area contributed by atoms with Gasteiger partial charge in [-0.05, 0) is 50.1 Å². The molecule has 0 aromatic heterocycles. The largest absolute Gasteiger partial charge is 0.492 e. The Morgan fingerprint density at radius 1 is 1.24 bits per heavy atom. The van der Waals surface area contributed by atoms with Crippen molar-refractivity contribution >= 4 is 17.3 Å². The van der Waals surface area contributed by atoms with E-state index in [0.717, 1.165) is 11.4 Å². The van der Waals surface area contributed by atoms with Crippen LogP contribution in [0.1, 0.15) is 19.4 Å². The van der Waals surface area contributed by atoms with Crippen LogP contribution < -0.4 is 10.1 Å². The first-order valence-corrected chi connectivity index (χ1v) is 7.40. The Bertz CT molecular complexity index is 603. The monoisotopic (exact) mass is 307 g/mol. The molecule has 0 aliphatic heterocycles. The van der Waals surface area contributed by atoms with Gasteiger partial charge in [-0.15, -0.1) is 0 Å². The standard InChI is InChI=1S/C17H19ClFNO/c1-3-21-17-9-8-14(18)11-16(17)20-12(2)10-13-6-4-5-7-15(13)19/h4-9,11-12,20H,3,10H2,1-2H3. The molecular formula is C17H19ClFNO. The fraction of sp³-hybridized carbons (Fsp3) is 0.294. The van der Waals surface area contributed by atoms with Crippen molar-refractivity contribution in [2.75, 3.05) is 11.9 Å². The molecule has 0 saturated carbocycles. The predicted molar refractivity (Wildman–Crippen MR) is 85.8 cm³/mol. The minimum atomic E-state index is -0.178. The zero-order valence-corrected chi connectivity index (χ0v) is 13.0. The second kappa shape index (κ2) is 7.32. The molecule has 4 heteroatoms. The molecule has 0 amide bonds. The smallest absolute Gasteiger partial charge is 0.142 e. The summed E-state index contributed by atoms with van der Waals surface area (Å²) in [6.07, 6.45) is 0.588. The zero-order chi connectivity index (χ0) is 15.2. The molecule has 112 valence electrons. The van der Waals surface area contributed by atoms with Crippen molar-refractivity contribution in [1.29, 1.82) is 0 Å². The highest BCUT2D eigenvalue weighted by molar-refractivity contribution is 6.30. The van der Waals surface area contributed by atoms with Gasteiger partial charge in [-0.2, -0.15) is 0 Å². The molecule has 0 heterocycles. The van der Waals surface area contributed by atoms with Gasteiger partial charge in [0.25, 0.3) is 0 Å². The number of ether oxygens (including phenoxy) is 1. The van der Waals surface area contributed by atoms with Crippen LogP contribution in [0.15, 0.2) is 42.5 Å². The molecular weight excluding hydrogens is 289 g/mol. The predicted octanol–water partition coefficient (Wildman–Crippen LogP) is 4.92. The molecule has 2 aromatic rings. The number of anilines is 1. The maximum absolute atomic E-state index is 13.7. The first-order valence-electron chi connectivity index (χ1n) is 7.02. The number of hydrogen-bond acceptors (Lipinski definition) is 2. The summed E-state index contributed by atoms with van der Waals surface area (Å²) >= 11 is 6.03. The fourth-order valence-corrected chi connectivity index (χ4v) is 2.38. The summed E-state index contributed by atoms with van der Waals surface area (Å²) in [5, 5.41) is 3.97. The van der Waals surface area contributed by atoms with Crippen molar-refractivity contribution in [2.24, 2.45) is 0 Å². The molecule has 0 saturated heterocycles. The lowest BCUT2D eigenvalue weighted by Gasteiger charge is -2.18. The molecule has 0 fully saturated rings. The molecule has 1 N–H and O–H groups in total. The summed E-state index contributed by atoms with van der Waals surface area (Å²) in [5.41, 5.74) is 1.52. The van der Waals surface area contributed by atoms with E-state index < -0.39 is 0 Å². The minimum Gasteiger partial charge on any atom is -0.492 e. The van der Waals surface area contributed by atoms with Crippen LogP contribution in [-0.2, 0) is 6.42 Å². The summed E-state index contributed by atoms with van der Waals surface area (Å²) < 4.78 is 19.3. The highest BCUT2D eigenvalue weighted by Gasteiger charge is 2.11. The summed E-state index contributed by atoms with van der Waals surface area (Å²) in [7, 11) is 0. The van der Waals surface area contributed by atoms with Crippen LogP contribution in [-0.4, -0.2) is 12.6 Å². The average Bonchev–Trinajstić information content (AvgIpc) is 2.44. The van der Waals surface area contributed by atoms with Crippen LogP contribution in [0.25, 0.3) is 0 Å². The fourth-order valence-electron chi connectivity index (χ4n) is 2.21. The lowest BCUT2D eigenvalue weighted by Crippen LogP contribution is -2.19. The van der Waals surface area contributed by atoms with Gasteiger partial charge >= 0.3 is 0 Å². The van der Waals surface area contributed by atoms with Crippen molar-refractivity contribution in [2.45, 2.75) is 26.3 Å². The van der Waals surface area contributed by atoms with E-state index in [-0.39, 0.29) is 11.9 Å². The Labute approximate surface area is 129 Å². The Hall–Kier alpha value is -1.74. The van der Waals surface area contributed by atoms with Gasteiger partial charge in [0, 0.05) is 11.1 Å². The normalized spacial score (nSPS) is 12.0. The highest BCUT2D eigenvalue weighted by atomic mass is 35.5. The Morgan fingerprint density at radius 2 is 2.00 bits per heavy atom. The van der Waals surface area contributed by atoms with Gasteiger partial charge in [0.15, 0.2) is 0 Å². The average molecular weight is 308 g/mol. The van der Waals surface area contributed by atoms with E-state index in [4.69, 9.17) is 16.3 Å². The molecule has 21 heavy (non-hydrogen) atoms. The lowest BCUT2D eigenvalue weighted by atomic mass is 10.1. The molecule has 2 rings (SSSR count). The Balaban J connectivity index is 2.10. The van der Waals surface area contributed by atoms with Crippen LogP contribution in [0.4, 0.5) is 10.1 Å². The van der Waals surface area contributed by atoms with Gasteiger partial charge in [0.2, 0.25) is 0 Å². The van der Waals surface area contributed by atoms with E-state index in [1.807, 2.05) is 32.0 Å². The van der Waals surface area contributed by atoms with E-state index >= 15 is 0 Å². The summed E-state index contributed by atoms with van der Waals surface area (Å²) in [6, 6.07) is 12.3. The van der Waals surface area contributed by atoms with Gasteiger partial charge in [0.05, 0.1) is 12.3 Å². The molecule has 0 radical (unpaired) electrons. The zero-order valence-electron chi connectivity index (χ0n) is 12.2. The number of nitrogens with one attached hydrogen (secondary N) is 1. The quantitative estimate of drug-likeness (QED) is 0.817. The van der Waals surface area contributed by atoms with Gasteiger partial charge in [0.1, 0.15) is 11.6 Å². The van der Waals surface area contributed by atoms with Crippen molar-refractivity contribution in [3.8, 4) is 5.75 Å². The van der Waals surface area contributed by atoms with E-state index in [0.29, 0.717) is 23.6 Å². The first-order chi connectivity index (χ1) is 10.1. The third-order valence-corrected chi connectivity index (χ3v) is 3.36. The number of halogens is 2. The summed E-state index contributed by atoms with van der Waals surface area (Å²) in [5.74, 6) is 0.574. The number of rotatable bonds is 6. The Morgan fingerprint density at radius 3 is 2.71 bits per heavy atom. The highest BCUT2D eigenvalue weighted by Crippen LogP contribution is 2.29. The van der Waals surface area contributed by atoms with Crippen molar-refractivity contribution in [3.05, 3.63) is 58.9 Å². The molecule has 0 bridgehead atoms. The molecule has 1 atom stereocenters. The number of benzene rings is 2. The van der Waals surface area contributed by atoms with Crippen molar-refractivity contribution < 1.29 is 9.13 Å². The third kappa shape index (κ3) is 4.36. The maximum atomic E-state index is 13.7. The molecule has 0 aliphatic rings. The van der Waals surface area contributed by atoms with E-state index in [2.05, 4.69) is 5.32 Å². The summed E-state index contributed by atoms with van der Waals surface area (Å²) in [6.45, 7) is 4.52. The van der Waals surface area contributed by atoms with E-state index in [1.54, 1.807) is 18.2 Å². The second-order valence-corrected chi connectivity index (χ2v) is 5.35. The van der Waals surface area contributed by atoms with E-state index in [1.165, 1.54) is 6.07 Å². The van der Waals surface area contributed by atoms with Gasteiger partial charge in [-0.25, -0.2) is 4.39 Å². The number of hydrogen-bond donors (Lipinski definition) is 1.